The van der Waals surface area contributed by atoms with Crippen LogP contribution in [0, 0.1) is 5.92 Å². The van der Waals surface area contributed by atoms with Crippen molar-refractivity contribution in [3.05, 3.63) is 0 Å². The molecule has 3 unspecified atom stereocenters. The van der Waals surface area contributed by atoms with E-state index in [2.05, 4.69) is 10.6 Å². The van der Waals surface area contributed by atoms with Crippen LogP contribution in [0.25, 0.3) is 0 Å². The van der Waals surface area contributed by atoms with Crippen molar-refractivity contribution in [2.24, 2.45) is 5.92 Å². The minimum absolute atomic E-state index is 0.00517. The van der Waals surface area contributed by atoms with Crippen molar-refractivity contribution in [2.75, 3.05) is 27.4 Å². The van der Waals surface area contributed by atoms with Gasteiger partial charge < -0.3 is 25.2 Å². The normalized spacial score (nSPS) is 15.0. The van der Waals surface area contributed by atoms with Gasteiger partial charge in [-0.1, -0.05) is 13.3 Å². The number of methoxy groups -OCH3 is 2. The van der Waals surface area contributed by atoms with E-state index in [-0.39, 0.29) is 24.1 Å². The standard InChI is InChI=1S/C14H28N2O5/c1-10(13(17)18)6-5-7-11(2)16-14(19)15-8-12(21-4)9-20-3/h10-12H,5-9H2,1-4H3,(H,17,18)(H2,15,16,19). The van der Waals surface area contributed by atoms with E-state index in [1.54, 1.807) is 21.1 Å². The lowest BCUT2D eigenvalue weighted by Crippen LogP contribution is -2.44. The van der Waals surface area contributed by atoms with E-state index < -0.39 is 5.97 Å². The predicted octanol–water partition coefficient (Wildman–Crippen LogP) is 1.23. The van der Waals surface area contributed by atoms with Gasteiger partial charge in [0.05, 0.1) is 18.6 Å². The van der Waals surface area contributed by atoms with E-state index in [9.17, 15) is 9.59 Å². The number of carbonyl (C=O) groups excluding carboxylic acids is 1. The van der Waals surface area contributed by atoms with Gasteiger partial charge in [0.15, 0.2) is 0 Å². The zero-order chi connectivity index (χ0) is 16.3. The number of aliphatic carboxylic acids is 1. The SMILES string of the molecule is COCC(CNC(=O)NC(C)CCCC(C)C(=O)O)OC. The highest BCUT2D eigenvalue weighted by Gasteiger charge is 2.13. The number of carboxylic acid groups (broad SMARTS) is 1. The predicted molar refractivity (Wildman–Crippen MR) is 79.3 cm³/mol. The quantitative estimate of drug-likeness (QED) is 0.533. The van der Waals surface area contributed by atoms with Gasteiger partial charge in [0.1, 0.15) is 0 Å². The zero-order valence-electron chi connectivity index (χ0n) is 13.3. The van der Waals surface area contributed by atoms with Crippen LogP contribution in [-0.2, 0) is 14.3 Å². The summed E-state index contributed by atoms with van der Waals surface area (Å²) in [5, 5.41) is 14.3. The Bertz CT molecular complexity index is 312. The molecule has 0 heterocycles. The van der Waals surface area contributed by atoms with Crippen LogP contribution in [0.1, 0.15) is 33.1 Å². The molecule has 0 rings (SSSR count). The molecule has 0 bridgehead atoms. The maximum absolute atomic E-state index is 11.7. The van der Waals surface area contributed by atoms with Crippen LogP contribution in [0.3, 0.4) is 0 Å². The molecule has 0 radical (unpaired) electrons. The van der Waals surface area contributed by atoms with Crippen molar-refractivity contribution in [3.63, 3.8) is 0 Å². The monoisotopic (exact) mass is 304 g/mol. The topological polar surface area (TPSA) is 96.9 Å². The highest BCUT2D eigenvalue weighted by molar-refractivity contribution is 5.74. The van der Waals surface area contributed by atoms with Crippen molar-refractivity contribution in [1.29, 1.82) is 0 Å². The lowest BCUT2D eigenvalue weighted by molar-refractivity contribution is -0.141. The number of hydrogen-bond acceptors (Lipinski definition) is 4. The fourth-order valence-electron chi connectivity index (χ4n) is 1.80. The average molecular weight is 304 g/mol. The minimum atomic E-state index is -0.780. The molecule has 0 saturated heterocycles. The summed E-state index contributed by atoms with van der Waals surface area (Å²) in [6, 6.07) is -0.263. The number of nitrogens with one attached hydrogen (secondary N) is 2. The Morgan fingerprint density at radius 3 is 2.38 bits per heavy atom. The number of rotatable bonds is 11. The molecule has 21 heavy (non-hydrogen) atoms. The number of urea groups is 1. The second-order valence-corrected chi connectivity index (χ2v) is 5.24. The first-order valence-electron chi connectivity index (χ1n) is 7.19. The Morgan fingerprint density at radius 1 is 1.19 bits per heavy atom. The van der Waals surface area contributed by atoms with Crippen molar-refractivity contribution in [1.82, 2.24) is 10.6 Å². The summed E-state index contributed by atoms with van der Waals surface area (Å²) in [6.45, 7) is 4.38. The van der Waals surface area contributed by atoms with Gasteiger partial charge in [0.25, 0.3) is 0 Å². The van der Waals surface area contributed by atoms with Crippen LogP contribution >= 0.6 is 0 Å². The fourth-order valence-corrected chi connectivity index (χ4v) is 1.80. The third-order valence-electron chi connectivity index (χ3n) is 3.25. The lowest BCUT2D eigenvalue weighted by atomic mass is 10.0. The lowest BCUT2D eigenvalue weighted by Gasteiger charge is -2.18. The number of carboxylic acids is 1. The molecule has 0 aliphatic carbocycles. The van der Waals surface area contributed by atoms with Crippen LogP contribution in [0.2, 0.25) is 0 Å². The first-order chi connectivity index (χ1) is 9.90. The fraction of sp³-hybridized carbons (Fsp3) is 0.857. The van der Waals surface area contributed by atoms with Crippen LogP contribution in [-0.4, -0.2) is 56.6 Å². The average Bonchev–Trinajstić information content (AvgIpc) is 2.42. The molecule has 3 atom stereocenters. The Balaban J connectivity index is 3.81. The number of amides is 2. The summed E-state index contributed by atoms with van der Waals surface area (Å²) < 4.78 is 10.1. The van der Waals surface area contributed by atoms with Crippen LogP contribution in [0.15, 0.2) is 0 Å². The van der Waals surface area contributed by atoms with E-state index in [0.717, 1.165) is 12.8 Å². The van der Waals surface area contributed by atoms with Crippen LogP contribution in [0.4, 0.5) is 4.79 Å². The van der Waals surface area contributed by atoms with Gasteiger partial charge in [-0.2, -0.15) is 0 Å². The Hall–Kier alpha value is -1.34. The molecule has 0 aliphatic rings. The van der Waals surface area contributed by atoms with Crippen LogP contribution in [0.5, 0.6) is 0 Å². The molecular weight excluding hydrogens is 276 g/mol. The van der Waals surface area contributed by atoms with E-state index in [1.807, 2.05) is 6.92 Å². The first kappa shape index (κ1) is 19.7. The van der Waals surface area contributed by atoms with Crippen LogP contribution < -0.4 is 10.6 Å². The van der Waals surface area contributed by atoms with E-state index in [4.69, 9.17) is 14.6 Å². The maximum Gasteiger partial charge on any atom is 0.315 e. The van der Waals surface area contributed by atoms with Gasteiger partial charge in [-0.05, 0) is 19.8 Å². The Labute approximate surface area is 126 Å². The summed E-state index contributed by atoms with van der Waals surface area (Å²) in [7, 11) is 3.14. The number of ether oxygens (including phenoxy) is 2. The van der Waals surface area contributed by atoms with Gasteiger partial charge >= 0.3 is 12.0 Å². The Kier molecular flexibility index (Phi) is 10.6. The molecule has 0 aliphatic heterocycles. The minimum Gasteiger partial charge on any atom is -0.481 e. The molecule has 0 saturated carbocycles. The molecular formula is C14H28N2O5. The number of carbonyl (C=O) groups is 2. The van der Waals surface area contributed by atoms with Gasteiger partial charge in [-0.25, -0.2) is 4.79 Å². The van der Waals surface area contributed by atoms with E-state index in [0.29, 0.717) is 19.6 Å². The first-order valence-corrected chi connectivity index (χ1v) is 7.19. The van der Waals surface area contributed by atoms with Crippen molar-refractivity contribution < 1.29 is 24.2 Å². The molecule has 0 fully saturated rings. The second-order valence-electron chi connectivity index (χ2n) is 5.24. The van der Waals surface area contributed by atoms with E-state index >= 15 is 0 Å². The maximum atomic E-state index is 11.7. The zero-order valence-corrected chi connectivity index (χ0v) is 13.3. The molecule has 0 aromatic carbocycles. The van der Waals surface area contributed by atoms with Gasteiger partial charge in [0.2, 0.25) is 0 Å². The van der Waals surface area contributed by atoms with Crippen molar-refractivity contribution >= 4 is 12.0 Å². The third kappa shape index (κ3) is 10.1. The third-order valence-corrected chi connectivity index (χ3v) is 3.25. The summed E-state index contributed by atoms with van der Waals surface area (Å²) >= 11 is 0. The second kappa shape index (κ2) is 11.3. The van der Waals surface area contributed by atoms with E-state index in [1.165, 1.54) is 0 Å². The van der Waals surface area contributed by atoms with Gasteiger partial charge in [0, 0.05) is 26.8 Å². The largest absolute Gasteiger partial charge is 0.481 e. The molecule has 0 aromatic rings. The summed E-state index contributed by atoms with van der Waals surface area (Å²) in [5.74, 6) is -1.13. The molecule has 7 nitrogen and oxygen atoms in total. The highest BCUT2D eigenvalue weighted by atomic mass is 16.5. The number of hydrogen-bond donors (Lipinski definition) is 3. The summed E-state index contributed by atoms with van der Waals surface area (Å²) in [5.41, 5.74) is 0. The molecule has 3 N–H and O–H groups in total. The van der Waals surface area contributed by atoms with Gasteiger partial charge in [-0.3, -0.25) is 4.79 Å². The summed E-state index contributed by atoms with van der Waals surface area (Å²) in [4.78, 5) is 22.4. The molecule has 124 valence electrons. The summed E-state index contributed by atoms with van der Waals surface area (Å²) in [6.07, 6.45) is 1.95. The molecule has 0 spiro atoms. The Morgan fingerprint density at radius 2 is 1.86 bits per heavy atom. The highest BCUT2D eigenvalue weighted by Crippen LogP contribution is 2.09. The van der Waals surface area contributed by atoms with Crippen molar-refractivity contribution in [3.8, 4) is 0 Å². The van der Waals surface area contributed by atoms with Crippen molar-refractivity contribution in [2.45, 2.75) is 45.3 Å². The molecule has 0 aromatic heterocycles. The molecule has 7 heteroatoms. The smallest absolute Gasteiger partial charge is 0.315 e. The molecule has 2 amide bonds. The van der Waals surface area contributed by atoms with Gasteiger partial charge in [-0.15, -0.1) is 0 Å².